The molecule has 2 N–H and O–H groups in total. The molecule has 1 aliphatic rings. The maximum absolute atomic E-state index is 13.1. The Kier molecular flexibility index (Phi) is 4.96. The zero-order valence-corrected chi connectivity index (χ0v) is 13.6. The van der Waals surface area contributed by atoms with Crippen molar-refractivity contribution < 1.29 is 18.0 Å². The Balaban J connectivity index is 1.62. The lowest BCUT2D eigenvalue weighted by Crippen LogP contribution is -2.32. The molecular formula is C17H19F3N4O. The molecular weight excluding hydrogens is 333 g/mol. The molecule has 2 aromatic rings. The van der Waals surface area contributed by atoms with Gasteiger partial charge in [0.1, 0.15) is 0 Å². The minimum atomic E-state index is -4.44. The van der Waals surface area contributed by atoms with Crippen molar-refractivity contribution in [2.45, 2.75) is 38.4 Å². The van der Waals surface area contributed by atoms with Gasteiger partial charge in [-0.25, -0.2) is 4.79 Å². The quantitative estimate of drug-likeness (QED) is 0.883. The second-order valence-electron chi connectivity index (χ2n) is 5.95. The predicted octanol–water partition coefficient (Wildman–Crippen LogP) is 3.60. The molecule has 5 nitrogen and oxygen atoms in total. The van der Waals surface area contributed by atoms with Gasteiger partial charge < -0.3 is 10.6 Å². The van der Waals surface area contributed by atoms with Crippen molar-refractivity contribution in [3.8, 4) is 0 Å². The van der Waals surface area contributed by atoms with E-state index in [0.29, 0.717) is 29.8 Å². The van der Waals surface area contributed by atoms with E-state index in [0.717, 1.165) is 12.8 Å². The van der Waals surface area contributed by atoms with Crippen LogP contribution in [0, 0.1) is 0 Å². The van der Waals surface area contributed by atoms with Crippen molar-refractivity contribution in [1.29, 1.82) is 0 Å². The van der Waals surface area contributed by atoms with Crippen LogP contribution in [0.5, 0.6) is 0 Å². The van der Waals surface area contributed by atoms with Crippen molar-refractivity contribution in [3.05, 3.63) is 47.3 Å². The first-order valence-electron chi connectivity index (χ1n) is 8.21. The van der Waals surface area contributed by atoms with Crippen LogP contribution in [0.25, 0.3) is 0 Å². The average Bonchev–Trinajstić information content (AvgIpc) is 2.95. The Morgan fingerprint density at radius 1 is 1.16 bits per heavy atom. The number of halogens is 3. The molecule has 134 valence electrons. The molecule has 8 heteroatoms. The monoisotopic (exact) mass is 352 g/mol. The van der Waals surface area contributed by atoms with Gasteiger partial charge in [0.25, 0.3) is 0 Å². The van der Waals surface area contributed by atoms with Gasteiger partial charge in [-0.3, -0.25) is 4.68 Å². The molecule has 3 rings (SSSR count). The summed E-state index contributed by atoms with van der Waals surface area (Å²) >= 11 is 0. The van der Waals surface area contributed by atoms with E-state index in [4.69, 9.17) is 0 Å². The molecule has 0 saturated heterocycles. The smallest absolute Gasteiger partial charge is 0.336 e. The molecule has 0 bridgehead atoms. The molecule has 0 unspecified atom stereocenters. The van der Waals surface area contributed by atoms with Gasteiger partial charge in [-0.15, -0.1) is 0 Å². The highest BCUT2D eigenvalue weighted by atomic mass is 19.4. The lowest BCUT2D eigenvalue weighted by molar-refractivity contribution is -0.142. The molecule has 1 heterocycles. The van der Waals surface area contributed by atoms with Gasteiger partial charge in [0, 0.05) is 23.5 Å². The number of fused-ring (bicyclic) bond motifs is 1. The molecule has 0 atom stereocenters. The van der Waals surface area contributed by atoms with E-state index in [1.54, 1.807) is 24.3 Å². The highest BCUT2D eigenvalue weighted by Crippen LogP contribution is 2.35. The zero-order chi connectivity index (χ0) is 17.9. The van der Waals surface area contributed by atoms with E-state index in [1.807, 2.05) is 6.07 Å². The summed E-state index contributed by atoms with van der Waals surface area (Å²) in [5.41, 5.74) is 0.822. The Morgan fingerprint density at radius 3 is 2.60 bits per heavy atom. The highest BCUT2D eigenvalue weighted by Gasteiger charge is 2.39. The number of aromatic nitrogens is 2. The van der Waals surface area contributed by atoms with E-state index >= 15 is 0 Å². The van der Waals surface area contributed by atoms with E-state index < -0.39 is 17.9 Å². The Morgan fingerprint density at radius 2 is 1.88 bits per heavy atom. The summed E-state index contributed by atoms with van der Waals surface area (Å²) in [5.74, 6) is 0. The molecule has 1 aromatic heterocycles. The lowest BCUT2D eigenvalue weighted by atomic mass is 9.95. The number of anilines is 1. The van der Waals surface area contributed by atoms with E-state index in [2.05, 4.69) is 15.7 Å². The van der Waals surface area contributed by atoms with Crippen LogP contribution in [0.3, 0.4) is 0 Å². The van der Waals surface area contributed by atoms with E-state index in [-0.39, 0.29) is 13.1 Å². The van der Waals surface area contributed by atoms with Crippen LogP contribution in [0.4, 0.5) is 23.7 Å². The third-order valence-corrected chi connectivity index (χ3v) is 4.17. The van der Waals surface area contributed by atoms with E-state index in [1.165, 1.54) is 4.68 Å². The highest BCUT2D eigenvalue weighted by molar-refractivity contribution is 5.89. The second-order valence-corrected chi connectivity index (χ2v) is 5.95. The van der Waals surface area contributed by atoms with Gasteiger partial charge in [0.15, 0.2) is 5.69 Å². The zero-order valence-electron chi connectivity index (χ0n) is 13.6. The summed E-state index contributed by atoms with van der Waals surface area (Å²) in [6.45, 7) is 0.407. The van der Waals surface area contributed by atoms with Crippen LogP contribution in [0.2, 0.25) is 0 Å². The summed E-state index contributed by atoms with van der Waals surface area (Å²) < 4.78 is 40.8. The van der Waals surface area contributed by atoms with Crippen molar-refractivity contribution in [3.63, 3.8) is 0 Å². The fourth-order valence-electron chi connectivity index (χ4n) is 3.06. The molecule has 0 radical (unpaired) electrons. The summed E-state index contributed by atoms with van der Waals surface area (Å²) in [5, 5.41) is 9.07. The predicted molar refractivity (Wildman–Crippen MR) is 87.3 cm³/mol. The van der Waals surface area contributed by atoms with Crippen LogP contribution in [0.1, 0.15) is 29.8 Å². The Bertz CT molecular complexity index is 740. The number of rotatable bonds is 4. The summed E-state index contributed by atoms with van der Waals surface area (Å²) in [7, 11) is 0. The van der Waals surface area contributed by atoms with Crippen LogP contribution in [0.15, 0.2) is 30.3 Å². The average molecular weight is 352 g/mol. The number of benzene rings is 1. The molecule has 0 fully saturated rings. The first-order chi connectivity index (χ1) is 11.9. The molecule has 1 aromatic carbocycles. The number of urea groups is 1. The van der Waals surface area contributed by atoms with Crippen LogP contribution in [-0.4, -0.2) is 22.4 Å². The normalized spacial score (nSPS) is 14.0. The number of carbonyl (C=O) groups is 1. The molecule has 25 heavy (non-hydrogen) atoms. The van der Waals surface area contributed by atoms with Crippen molar-refractivity contribution in [2.24, 2.45) is 0 Å². The fraction of sp³-hybridized carbons (Fsp3) is 0.412. The SMILES string of the molecule is O=C(NCCn1nc(C(F)(F)F)c2c1CCCC2)Nc1ccccc1. The first-order valence-corrected chi connectivity index (χ1v) is 8.21. The number of hydrogen-bond donors (Lipinski definition) is 2. The van der Waals surface area contributed by atoms with Crippen LogP contribution in [-0.2, 0) is 25.6 Å². The maximum atomic E-state index is 13.1. The molecule has 0 spiro atoms. The number of nitrogens with zero attached hydrogens (tertiary/aromatic N) is 2. The maximum Gasteiger partial charge on any atom is 0.435 e. The number of amides is 2. The van der Waals surface area contributed by atoms with Crippen molar-refractivity contribution >= 4 is 11.7 Å². The standard InChI is InChI=1S/C17H19F3N4O/c18-17(19,20)15-13-8-4-5-9-14(13)24(23-15)11-10-21-16(25)22-12-6-2-1-3-7-12/h1-3,6-7H,4-5,8-11H2,(H2,21,22,25). The summed E-state index contributed by atoms with van der Waals surface area (Å²) in [6.07, 6.45) is -1.83. The van der Waals surface area contributed by atoms with Gasteiger partial charge in [-0.2, -0.15) is 18.3 Å². The summed E-state index contributed by atoms with van der Waals surface area (Å²) in [4.78, 5) is 11.8. The minimum Gasteiger partial charge on any atom is -0.336 e. The number of hydrogen-bond acceptors (Lipinski definition) is 2. The number of alkyl halides is 3. The van der Waals surface area contributed by atoms with Gasteiger partial charge in [-0.1, -0.05) is 18.2 Å². The largest absolute Gasteiger partial charge is 0.435 e. The number of nitrogens with one attached hydrogen (secondary N) is 2. The third kappa shape index (κ3) is 4.12. The number of carbonyl (C=O) groups excluding carboxylic acids is 1. The van der Waals surface area contributed by atoms with Gasteiger partial charge in [0.05, 0.1) is 6.54 Å². The van der Waals surface area contributed by atoms with Gasteiger partial charge in [-0.05, 0) is 37.8 Å². The number of para-hydroxylation sites is 1. The molecule has 0 saturated carbocycles. The second kappa shape index (κ2) is 7.16. The molecule has 1 aliphatic carbocycles. The minimum absolute atomic E-state index is 0.198. The lowest BCUT2D eigenvalue weighted by Gasteiger charge is -2.15. The molecule has 0 aliphatic heterocycles. The van der Waals surface area contributed by atoms with Gasteiger partial charge >= 0.3 is 12.2 Å². The van der Waals surface area contributed by atoms with Crippen molar-refractivity contribution in [1.82, 2.24) is 15.1 Å². The fourth-order valence-corrected chi connectivity index (χ4v) is 3.06. The summed E-state index contributed by atoms with van der Waals surface area (Å²) in [6, 6.07) is 8.53. The molecule has 2 amide bonds. The van der Waals surface area contributed by atoms with E-state index in [9.17, 15) is 18.0 Å². The van der Waals surface area contributed by atoms with Crippen LogP contribution >= 0.6 is 0 Å². The van der Waals surface area contributed by atoms with Crippen LogP contribution < -0.4 is 10.6 Å². The Labute approximate surface area is 143 Å². The topological polar surface area (TPSA) is 59.0 Å². The first kappa shape index (κ1) is 17.3. The van der Waals surface area contributed by atoms with Crippen molar-refractivity contribution in [2.75, 3.05) is 11.9 Å². The Hall–Kier alpha value is -2.51. The third-order valence-electron chi connectivity index (χ3n) is 4.17. The van der Waals surface area contributed by atoms with Gasteiger partial charge in [0.2, 0.25) is 0 Å².